The van der Waals surface area contributed by atoms with Gasteiger partial charge in [0.1, 0.15) is 5.82 Å². The number of aliphatic hydroxyl groups is 1. The zero-order valence-electron chi connectivity index (χ0n) is 8.80. The fraction of sp³-hybridized carbons (Fsp3) is 0.455. The summed E-state index contributed by atoms with van der Waals surface area (Å²) in [7, 11) is 1.27. The molecular formula is C11H12F2O3. The molecule has 0 unspecified atom stereocenters. The van der Waals surface area contributed by atoms with E-state index in [0.29, 0.717) is 0 Å². The van der Waals surface area contributed by atoms with E-state index in [1.54, 1.807) is 0 Å². The smallest absolute Gasteiger partial charge is 0.165 e. The lowest BCUT2D eigenvalue weighted by molar-refractivity contribution is -0.0858. The number of benzene rings is 1. The second kappa shape index (κ2) is 3.99. The number of rotatable bonds is 3. The van der Waals surface area contributed by atoms with E-state index in [9.17, 15) is 13.9 Å². The molecule has 1 aromatic rings. The quantitative estimate of drug-likeness (QED) is 0.848. The minimum absolute atomic E-state index is 0.138. The zero-order chi connectivity index (χ0) is 11.8. The number of halogens is 2. The van der Waals surface area contributed by atoms with Gasteiger partial charge in [-0.2, -0.15) is 0 Å². The summed E-state index contributed by atoms with van der Waals surface area (Å²) in [5.74, 6) is -1.37. The summed E-state index contributed by atoms with van der Waals surface area (Å²) in [6.07, 6.45) is 0. The summed E-state index contributed by atoms with van der Waals surface area (Å²) >= 11 is 0. The van der Waals surface area contributed by atoms with Crippen molar-refractivity contribution in [2.45, 2.75) is 5.41 Å². The van der Waals surface area contributed by atoms with Gasteiger partial charge in [-0.05, 0) is 6.07 Å². The SMILES string of the molecule is COc1cc(F)c(C2(CO)COC2)cc1F. The highest BCUT2D eigenvalue weighted by molar-refractivity contribution is 5.37. The van der Waals surface area contributed by atoms with E-state index in [1.807, 2.05) is 0 Å². The van der Waals surface area contributed by atoms with Gasteiger partial charge in [-0.1, -0.05) is 0 Å². The van der Waals surface area contributed by atoms with Crippen LogP contribution in [-0.2, 0) is 10.2 Å². The van der Waals surface area contributed by atoms with E-state index >= 15 is 0 Å². The predicted molar refractivity (Wildman–Crippen MR) is 52.5 cm³/mol. The Balaban J connectivity index is 2.45. The Morgan fingerprint density at radius 2 is 2.06 bits per heavy atom. The third-order valence-corrected chi connectivity index (χ3v) is 2.87. The molecule has 0 aromatic heterocycles. The number of ether oxygens (including phenoxy) is 2. The summed E-state index contributed by atoms with van der Waals surface area (Å²) in [6, 6.07) is 2.05. The van der Waals surface area contributed by atoms with E-state index < -0.39 is 17.0 Å². The molecule has 0 aliphatic carbocycles. The van der Waals surface area contributed by atoms with Crippen LogP contribution in [0.1, 0.15) is 5.56 Å². The van der Waals surface area contributed by atoms with E-state index in [-0.39, 0.29) is 31.1 Å². The van der Waals surface area contributed by atoms with Crippen LogP contribution in [0, 0.1) is 11.6 Å². The van der Waals surface area contributed by atoms with Crippen molar-refractivity contribution in [2.24, 2.45) is 0 Å². The topological polar surface area (TPSA) is 38.7 Å². The Kier molecular flexibility index (Phi) is 2.82. The summed E-state index contributed by atoms with van der Waals surface area (Å²) in [5, 5.41) is 9.23. The van der Waals surface area contributed by atoms with Crippen molar-refractivity contribution in [1.82, 2.24) is 0 Å². The molecule has 1 aromatic carbocycles. The monoisotopic (exact) mass is 230 g/mol. The van der Waals surface area contributed by atoms with Gasteiger partial charge in [-0.25, -0.2) is 8.78 Å². The van der Waals surface area contributed by atoms with Crippen molar-refractivity contribution >= 4 is 0 Å². The Labute approximate surface area is 91.6 Å². The molecule has 1 aliphatic heterocycles. The molecule has 88 valence electrons. The predicted octanol–water partition coefficient (Wildman–Crippen LogP) is 1.23. The van der Waals surface area contributed by atoms with Gasteiger partial charge in [0, 0.05) is 11.6 Å². The van der Waals surface area contributed by atoms with Crippen LogP contribution in [-0.4, -0.2) is 32.0 Å². The standard InChI is InChI=1S/C11H12F2O3/c1-15-10-3-8(12)7(2-9(10)13)11(4-14)5-16-6-11/h2-3,14H,4-6H2,1H3. The molecule has 2 rings (SSSR count). The van der Waals surface area contributed by atoms with Crippen LogP contribution in [0.3, 0.4) is 0 Å². The third-order valence-electron chi connectivity index (χ3n) is 2.87. The average Bonchev–Trinajstić information content (AvgIpc) is 2.22. The molecule has 0 spiro atoms. The van der Waals surface area contributed by atoms with Crippen LogP contribution in [0.4, 0.5) is 8.78 Å². The van der Waals surface area contributed by atoms with E-state index in [4.69, 9.17) is 4.74 Å². The molecule has 5 heteroatoms. The van der Waals surface area contributed by atoms with Gasteiger partial charge >= 0.3 is 0 Å². The maximum atomic E-state index is 13.7. The molecule has 0 amide bonds. The minimum atomic E-state index is -0.808. The lowest BCUT2D eigenvalue weighted by atomic mass is 9.79. The van der Waals surface area contributed by atoms with Crippen LogP contribution in [0.25, 0.3) is 0 Å². The summed E-state index contributed by atoms with van der Waals surface area (Å²) in [4.78, 5) is 0. The summed E-state index contributed by atoms with van der Waals surface area (Å²) in [5.41, 5.74) is -0.670. The number of aliphatic hydroxyl groups excluding tert-OH is 1. The van der Waals surface area contributed by atoms with Crippen LogP contribution in [0.5, 0.6) is 5.75 Å². The maximum Gasteiger partial charge on any atom is 0.165 e. The molecule has 0 bridgehead atoms. The van der Waals surface area contributed by atoms with Crippen LogP contribution in [0.2, 0.25) is 0 Å². The fourth-order valence-electron chi connectivity index (χ4n) is 1.77. The molecule has 3 nitrogen and oxygen atoms in total. The first-order valence-corrected chi connectivity index (χ1v) is 4.85. The van der Waals surface area contributed by atoms with Gasteiger partial charge in [0.2, 0.25) is 0 Å². The van der Waals surface area contributed by atoms with Crippen molar-refractivity contribution in [1.29, 1.82) is 0 Å². The summed E-state index contributed by atoms with van der Waals surface area (Å²) < 4.78 is 36.8. The molecule has 0 radical (unpaired) electrons. The van der Waals surface area contributed by atoms with E-state index in [0.717, 1.165) is 12.1 Å². The Morgan fingerprint density at radius 3 is 2.50 bits per heavy atom. The molecule has 0 atom stereocenters. The fourth-order valence-corrected chi connectivity index (χ4v) is 1.77. The highest BCUT2D eigenvalue weighted by Gasteiger charge is 2.42. The molecular weight excluding hydrogens is 218 g/mol. The Hall–Kier alpha value is -1.20. The van der Waals surface area contributed by atoms with Crippen molar-refractivity contribution in [3.05, 3.63) is 29.3 Å². The first-order chi connectivity index (χ1) is 7.63. The molecule has 1 saturated heterocycles. The zero-order valence-corrected chi connectivity index (χ0v) is 8.80. The normalized spacial score (nSPS) is 18.0. The molecule has 1 aliphatic rings. The third kappa shape index (κ3) is 1.56. The van der Waals surface area contributed by atoms with Crippen LogP contribution < -0.4 is 4.74 Å². The van der Waals surface area contributed by atoms with Gasteiger partial charge in [0.15, 0.2) is 11.6 Å². The van der Waals surface area contributed by atoms with Crippen molar-refractivity contribution in [3.8, 4) is 5.75 Å². The van der Waals surface area contributed by atoms with Crippen molar-refractivity contribution < 1.29 is 23.4 Å². The van der Waals surface area contributed by atoms with Crippen LogP contribution >= 0.6 is 0 Å². The van der Waals surface area contributed by atoms with Gasteiger partial charge in [0.25, 0.3) is 0 Å². The van der Waals surface area contributed by atoms with Gasteiger partial charge in [-0.3, -0.25) is 0 Å². The van der Waals surface area contributed by atoms with Gasteiger partial charge < -0.3 is 14.6 Å². The van der Waals surface area contributed by atoms with Crippen molar-refractivity contribution in [3.63, 3.8) is 0 Å². The number of methoxy groups -OCH3 is 1. The number of hydrogen-bond acceptors (Lipinski definition) is 3. The van der Waals surface area contributed by atoms with Gasteiger partial charge in [0.05, 0.1) is 32.3 Å². The van der Waals surface area contributed by atoms with Crippen LogP contribution in [0.15, 0.2) is 12.1 Å². The Morgan fingerprint density at radius 1 is 1.38 bits per heavy atom. The first-order valence-electron chi connectivity index (χ1n) is 4.85. The second-order valence-electron chi connectivity index (χ2n) is 3.90. The minimum Gasteiger partial charge on any atom is -0.494 e. The molecule has 16 heavy (non-hydrogen) atoms. The summed E-state index contributed by atoms with van der Waals surface area (Å²) in [6.45, 7) is 0.133. The lowest BCUT2D eigenvalue weighted by Crippen LogP contribution is -2.50. The number of hydrogen-bond donors (Lipinski definition) is 1. The Bertz CT molecular complexity index is 397. The lowest BCUT2D eigenvalue weighted by Gasteiger charge is -2.40. The highest BCUT2D eigenvalue weighted by atomic mass is 19.1. The molecule has 1 fully saturated rings. The van der Waals surface area contributed by atoms with E-state index in [2.05, 4.69) is 4.74 Å². The second-order valence-corrected chi connectivity index (χ2v) is 3.90. The van der Waals surface area contributed by atoms with Crippen molar-refractivity contribution in [2.75, 3.05) is 26.9 Å². The largest absolute Gasteiger partial charge is 0.494 e. The van der Waals surface area contributed by atoms with Gasteiger partial charge in [-0.15, -0.1) is 0 Å². The molecule has 1 N–H and O–H groups in total. The molecule has 1 heterocycles. The molecule has 0 saturated carbocycles. The van der Waals surface area contributed by atoms with E-state index in [1.165, 1.54) is 7.11 Å². The maximum absolute atomic E-state index is 13.7. The first kappa shape index (κ1) is 11.3. The highest BCUT2D eigenvalue weighted by Crippen LogP contribution is 2.35. The average molecular weight is 230 g/mol.